The molecule has 0 aliphatic carbocycles. The number of fused-ring (bicyclic) bond motifs is 1. The van der Waals surface area contributed by atoms with Crippen molar-refractivity contribution in [2.45, 2.75) is 25.3 Å². The summed E-state index contributed by atoms with van der Waals surface area (Å²) in [6, 6.07) is 13.0. The molecular formula is C20H19N3O3. The first-order valence-corrected chi connectivity index (χ1v) is 8.71. The number of aromatic nitrogens is 2. The maximum atomic E-state index is 13.1. The Morgan fingerprint density at radius 1 is 1.15 bits per heavy atom. The number of aromatic amines is 1. The summed E-state index contributed by atoms with van der Waals surface area (Å²) >= 11 is 0. The summed E-state index contributed by atoms with van der Waals surface area (Å²) in [5, 5.41) is 10.2. The number of H-pyrrole nitrogens is 1. The van der Waals surface area contributed by atoms with Gasteiger partial charge in [0.2, 0.25) is 0 Å². The number of piperidine rings is 1. The maximum absolute atomic E-state index is 13.1. The second-order valence-corrected chi connectivity index (χ2v) is 6.56. The lowest BCUT2D eigenvalue weighted by molar-refractivity contribution is 0.0607. The number of rotatable bonds is 3. The van der Waals surface area contributed by atoms with Crippen LogP contribution in [0, 0.1) is 0 Å². The van der Waals surface area contributed by atoms with Crippen molar-refractivity contribution in [3.8, 4) is 0 Å². The molecular weight excluding hydrogens is 330 g/mol. The van der Waals surface area contributed by atoms with Crippen LogP contribution in [0.2, 0.25) is 0 Å². The van der Waals surface area contributed by atoms with Gasteiger partial charge in [0.1, 0.15) is 5.69 Å². The molecule has 6 heteroatoms. The van der Waals surface area contributed by atoms with Crippen LogP contribution in [0.3, 0.4) is 0 Å². The largest absolute Gasteiger partial charge is 0.477 e. The van der Waals surface area contributed by atoms with Crippen molar-refractivity contribution in [1.82, 2.24) is 14.9 Å². The van der Waals surface area contributed by atoms with E-state index >= 15 is 0 Å². The maximum Gasteiger partial charge on any atom is 0.354 e. The molecule has 0 radical (unpaired) electrons. The lowest BCUT2D eigenvalue weighted by atomic mass is 9.98. The van der Waals surface area contributed by atoms with Crippen LogP contribution in [0.1, 0.15) is 51.8 Å². The molecule has 1 aliphatic heterocycles. The van der Waals surface area contributed by atoms with Crippen molar-refractivity contribution in [2.75, 3.05) is 6.54 Å². The van der Waals surface area contributed by atoms with Crippen LogP contribution in [0.25, 0.3) is 10.9 Å². The average Bonchev–Trinajstić information content (AvgIpc) is 3.11. The first-order chi connectivity index (χ1) is 12.6. The second-order valence-electron chi connectivity index (χ2n) is 6.56. The number of carbonyl (C=O) groups is 2. The van der Waals surface area contributed by atoms with E-state index in [1.807, 2.05) is 29.2 Å². The van der Waals surface area contributed by atoms with Crippen LogP contribution in [0.5, 0.6) is 0 Å². The van der Waals surface area contributed by atoms with Gasteiger partial charge in [-0.25, -0.2) is 9.78 Å². The van der Waals surface area contributed by atoms with Crippen LogP contribution in [-0.2, 0) is 0 Å². The van der Waals surface area contributed by atoms with E-state index in [9.17, 15) is 9.59 Å². The van der Waals surface area contributed by atoms with E-state index in [2.05, 4.69) is 16.0 Å². The highest BCUT2D eigenvalue weighted by atomic mass is 16.4. The number of carbonyl (C=O) groups excluding carboxylic acids is 1. The van der Waals surface area contributed by atoms with Crippen LogP contribution in [0.15, 0.2) is 48.7 Å². The molecule has 0 spiro atoms. The Balaban J connectivity index is 1.67. The van der Waals surface area contributed by atoms with Gasteiger partial charge in [-0.3, -0.25) is 4.79 Å². The minimum absolute atomic E-state index is 0.0370. The Morgan fingerprint density at radius 3 is 2.81 bits per heavy atom. The molecule has 1 unspecified atom stereocenters. The SMILES string of the molecule is O=C(O)c1cc(C(=O)N2CCCCC2c2cc3ccccc3[nH]2)ccn1. The zero-order valence-electron chi connectivity index (χ0n) is 14.2. The quantitative estimate of drug-likeness (QED) is 0.756. The molecule has 1 atom stereocenters. The Morgan fingerprint density at radius 2 is 2.00 bits per heavy atom. The monoisotopic (exact) mass is 349 g/mol. The van der Waals surface area contributed by atoms with Crippen molar-refractivity contribution >= 4 is 22.8 Å². The molecule has 3 aromatic rings. The van der Waals surface area contributed by atoms with Crippen molar-refractivity contribution in [3.63, 3.8) is 0 Å². The van der Waals surface area contributed by atoms with Crippen molar-refractivity contribution < 1.29 is 14.7 Å². The van der Waals surface area contributed by atoms with Crippen LogP contribution in [0.4, 0.5) is 0 Å². The third-order valence-electron chi connectivity index (χ3n) is 4.90. The van der Waals surface area contributed by atoms with Gasteiger partial charge >= 0.3 is 5.97 Å². The van der Waals surface area contributed by atoms with E-state index in [4.69, 9.17) is 5.11 Å². The molecule has 0 bridgehead atoms. The number of likely N-dealkylation sites (tertiary alicyclic amines) is 1. The highest BCUT2D eigenvalue weighted by molar-refractivity contribution is 5.97. The number of aromatic carboxylic acids is 1. The van der Waals surface area contributed by atoms with E-state index in [-0.39, 0.29) is 17.6 Å². The van der Waals surface area contributed by atoms with Gasteiger partial charge in [0.25, 0.3) is 5.91 Å². The second kappa shape index (κ2) is 6.63. The zero-order valence-corrected chi connectivity index (χ0v) is 14.2. The highest BCUT2D eigenvalue weighted by Gasteiger charge is 2.30. The summed E-state index contributed by atoms with van der Waals surface area (Å²) in [5.74, 6) is -1.29. The topological polar surface area (TPSA) is 86.3 Å². The number of pyridine rings is 1. The number of carboxylic acids is 1. The fraction of sp³-hybridized carbons (Fsp3) is 0.250. The number of amides is 1. The first kappa shape index (κ1) is 16.3. The molecule has 1 aromatic carbocycles. The molecule has 4 rings (SSSR count). The van der Waals surface area contributed by atoms with Crippen molar-refractivity contribution in [1.29, 1.82) is 0 Å². The third-order valence-corrected chi connectivity index (χ3v) is 4.90. The van der Waals surface area contributed by atoms with E-state index in [1.54, 1.807) is 6.07 Å². The lowest BCUT2D eigenvalue weighted by Gasteiger charge is -2.35. The predicted molar refractivity (Wildman–Crippen MR) is 97.1 cm³/mol. The fourth-order valence-corrected chi connectivity index (χ4v) is 3.62. The first-order valence-electron chi connectivity index (χ1n) is 8.71. The summed E-state index contributed by atoms with van der Waals surface area (Å²) in [4.78, 5) is 33.3. The van der Waals surface area contributed by atoms with E-state index < -0.39 is 5.97 Å². The molecule has 2 aromatic heterocycles. The predicted octanol–water partition coefficient (Wildman–Crippen LogP) is 3.63. The van der Waals surface area contributed by atoms with Crippen LogP contribution >= 0.6 is 0 Å². The molecule has 3 heterocycles. The average molecular weight is 349 g/mol. The van der Waals surface area contributed by atoms with Crippen molar-refractivity contribution in [2.24, 2.45) is 0 Å². The van der Waals surface area contributed by atoms with E-state index in [0.717, 1.165) is 35.9 Å². The standard InChI is InChI=1S/C20H19N3O3/c24-19(14-8-9-21-17(12-14)20(25)26)23-10-4-3-7-18(23)16-11-13-5-1-2-6-15(13)22-16/h1-2,5-6,8-9,11-12,18,22H,3-4,7,10H2,(H,25,26). The van der Waals surface area contributed by atoms with Gasteiger partial charge in [-0.15, -0.1) is 0 Å². The number of nitrogens with zero attached hydrogens (tertiary/aromatic N) is 2. The molecule has 6 nitrogen and oxygen atoms in total. The van der Waals surface area contributed by atoms with Crippen LogP contribution < -0.4 is 0 Å². The number of hydrogen-bond acceptors (Lipinski definition) is 3. The molecule has 132 valence electrons. The number of hydrogen-bond donors (Lipinski definition) is 2. The minimum Gasteiger partial charge on any atom is -0.477 e. The molecule has 2 N–H and O–H groups in total. The molecule has 1 fully saturated rings. The van der Waals surface area contributed by atoms with Gasteiger partial charge in [0, 0.05) is 29.5 Å². The molecule has 1 amide bonds. The van der Waals surface area contributed by atoms with Gasteiger partial charge in [-0.05, 0) is 48.9 Å². The summed E-state index contributed by atoms with van der Waals surface area (Å²) in [6.45, 7) is 0.656. The summed E-state index contributed by atoms with van der Waals surface area (Å²) < 4.78 is 0. The van der Waals surface area contributed by atoms with Gasteiger partial charge in [0.15, 0.2) is 0 Å². The number of carboxylic acid groups (broad SMARTS) is 1. The molecule has 1 aliphatic rings. The highest BCUT2D eigenvalue weighted by Crippen LogP contribution is 2.33. The fourth-order valence-electron chi connectivity index (χ4n) is 3.62. The van der Waals surface area contributed by atoms with E-state index in [1.165, 1.54) is 12.3 Å². The Bertz CT molecular complexity index is 946. The normalized spacial score (nSPS) is 17.4. The molecule has 1 saturated heterocycles. The van der Waals surface area contributed by atoms with Gasteiger partial charge in [-0.2, -0.15) is 0 Å². The minimum atomic E-state index is -1.13. The number of nitrogens with one attached hydrogen (secondary N) is 1. The Hall–Kier alpha value is -3.15. The summed E-state index contributed by atoms with van der Waals surface area (Å²) in [7, 11) is 0. The summed E-state index contributed by atoms with van der Waals surface area (Å²) in [5.41, 5.74) is 2.32. The van der Waals surface area contributed by atoms with Gasteiger partial charge < -0.3 is 15.0 Å². The van der Waals surface area contributed by atoms with Gasteiger partial charge in [-0.1, -0.05) is 18.2 Å². The lowest BCUT2D eigenvalue weighted by Crippen LogP contribution is -2.38. The Labute approximate surface area is 150 Å². The van der Waals surface area contributed by atoms with E-state index in [0.29, 0.717) is 12.1 Å². The van der Waals surface area contributed by atoms with Gasteiger partial charge in [0.05, 0.1) is 6.04 Å². The zero-order chi connectivity index (χ0) is 18.1. The van der Waals surface area contributed by atoms with Crippen LogP contribution in [-0.4, -0.2) is 38.4 Å². The smallest absolute Gasteiger partial charge is 0.354 e. The Kier molecular flexibility index (Phi) is 4.16. The number of para-hydroxylation sites is 1. The third kappa shape index (κ3) is 2.94. The van der Waals surface area contributed by atoms with Crippen molar-refractivity contribution in [3.05, 3.63) is 65.6 Å². The molecule has 26 heavy (non-hydrogen) atoms. The number of benzene rings is 1. The summed E-state index contributed by atoms with van der Waals surface area (Å²) in [6.07, 6.45) is 4.26. The molecule has 0 saturated carbocycles.